The van der Waals surface area contributed by atoms with E-state index in [1.807, 2.05) is 30.3 Å². The molecule has 0 radical (unpaired) electrons. The molecule has 2 aromatic carbocycles. The van der Waals surface area contributed by atoms with E-state index in [2.05, 4.69) is 15.0 Å². The molecule has 0 saturated carbocycles. The molecule has 1 N–H and O–H groups in total. The number of rotatable bonds is 2. The molecule has 112 valence electrons. The highest BCUT2D eigenvalue weighted by molar-refractivity contribution is 6.34. The van der Waals surface area contributed by atoms with E-state index >= 15 is 0 Å². The van der Waals surface area contributed by atoms with E-state index in [4.69, 9.17) is 11.6 Å². The van der Waals surface area contributed by atoms with Crippen molar-refractivity contribution in [2.24, 2.45) is 0 Å². The first-order chi connectivity index (χ1) is 11.2. The molecule has 0 amide bonds. The Morgan fingerprint density at radius 3 is 2.57 bits per heavy atom. The van der Waals surface area contributed by atoms with Crippen molar-refractivity contribution in [2.75, 3.05) is 0 Å². The number of halogens is 2. The second-order valence-corrected chi connectivity index (χ2v) is 5.50. The molecule has 0 fully saturated rings. The lowest BCUT2D eigenvalue weighted by molar-refractivity contribution is 0.629. The van der Waals surface area contributed by atoms with Crippen molar-refractivity contribution in [1.29, 1.82) is 0 Å². The van der Waals surface area contributed by atoms with Gasteiger partial charge in [-0.05, 0) is 23.8 Å². The molecule has 0 saturated heterocycles. The Labute approximate surface area is 136 Å². The summed E-state index contributed by atoms with van der Waals surface area (Å²) < 4.78 is 13.8. The molecule has 0 aliphatic carbocycles. The third-order valence-corrected chi connectivity index (χ3v) is 4.01. The SMILES string of the molecule is Fc1ccc2nc(Cl)c(-c3cnc[nH]3)c(-c3ccccc3)c2c1. The zero-order valence-corrected chi connectivity index (χ0v) is 12.7. The molecule has 0 unspecified atom stereocenters. The summed E-state index contributed by atoms with van der Waals surface area (Å²) in [4.78, 5) is 11.5. The lowest BCUT2D eigenvalue weighted by Gasteiger charge is -2.14. The van der Waals surface area contributed by atoms with Gasteiger partial charge in [0.1, 0.15) is 11.0 Å². The Balaban J connectivity index is 2.18. The lowest BCUT2D eigenvalue weighted by atomic mass is 9.95. The minimum Gasteiger partial charge on any atom is -0.345 e. The van der Waals surface area contributed by atoms with Crippen molar-refractivity contribution in [2.45, 2.75) is 0 Å². The first-order valence-corrected chi connectivity index (χ1v) is 7.45. The van der Waals surface area contributed by atoms with Gasteiger partial charge in [0, 0.05) is 16.5 Å². The number of nitrogens with one attached hydrogen (secondary N) is 1. The Morgan fingerprint density at radius 1 is 1.00 bits per heavy atom. The van der Waals surface area contributed by atoms with Crippen molar-refractivity contribution in [3.05, 3.63) is 72.0 Å². The van der Waals surface area contributed by atoms with Crippen LogP contribution in [0.3, 0.4) is 0 Å². The highest BCUT2D eigenvalue weighted by atomic mass is 35.5. The number of benzene rings is 2. The summed E-state index contributed by atoms with van der Waals surface area (Å²) in [5, 5.41) is 1.07. The lowest BCUT2D eigenvalue weighted by Crippen LogP contribution is -1.93. The van der Waals surface area contributed by atoms with Crippen LogP contribution in [0.4, 0.5) is 4.39 Å². The van der Waals surface area contributed by atoms with Crippen molar-refractivity contribution in [3.8, 4) is 22.4 Å². The molecule has 2 heterocycles. The number of aromatic amines is 1. The summed E-state index contributed by atoms with van der Waals surface area (Å²) in [5.74, 6) is -0.311. The average molecular weight is 324 g/mol. The number of hydrogen-bond acceptors (Lipinski definition) is 2. The molecule has 0 atom stereocenters. The number of imidazole rings is 1. The molecule has 2 aromatic heterocycles. The fourth-order valence-electron chi connectivity index (χ4n) is 2.75. The first kappa shape index (κ1) is 13.9. The van der Waals surface area contributed by atoms with Gasteiger partial charge >= 0.3 is 0 Å². The maximum Gasteiger partial charge on any atom is 0.139 e. The molecule has 4 rings (SSSR count). The highest BCUT2D eigenvalue weighted by Gasteiger charge is 2.18. The van der Waals surface area contributed by atoms with Gasteiger partial charge in [0.25, 0.3) is 0 Å². The van der Waals surface area contributed by atoms with Crippen LogP contribution in [0.15, 0.2) is 61.1 Å². The fourth-order valence-corrected chi connectivity index (χ4v) is 3.04. The van der Waals surface area contributed by atoms with Gasteiger partial charge in [-0.25, -0.2) is 14.4 Å². The summed E-state index contributed by atoms with van der Waals surface area (Å²) in [6, 6.07) is 14.3. The topological polar surface area (TPSA) is 41.6 Å². The molecule has 23 heavy (non-hydrogen) atoms. The van der Waals surface area contributed by atoms with Crippen LogP contribution in [0.1, 0.15) is 0 Å². The quantitative estimate of drug-likeness (QED) is 0.522. The predicted molar refractivity (Wildman–Crippen MR) is 89.7 cm³/mol. The number of pyridine rings is 1. The van der Waals surface area contributed by atoms with E-state index < -0.39 is 0 Å². The first-order valence-electron chi connectivity index (χ1n) is 7.07. The summed E-state index contributed by atoms with van der Waals surface area (Å²) in [6.45, 7) is 0. The van der Waals surface area contributed by atoms with E-state index in [1.165, 1.54) is 12.1 Å². The normalized spacial score (nSPS) is 11.0. The largest absolute Gasteiger partial charge is 0.345 e. The third kappa shape index (κ3) is 2.37. The van der Waals surface area contributed by atoms with Crippen molar-refractivity contribution in [1.82, 2.24) is 15.0 Å². The van der Waals surface area contributed by atoms with Crippen LogP contribution in [0.25, 0.3) is 33.3 Å². The molecule has 4 aromatic rings. The molecule has 3 nitrogen and oxygen atoms in total. The summed E-state index contributed by atoms with van der Waals surface area (Å²) in [5.41, 5.74) is 3.89. The maximum atomic E-state index is 13.8. The molecule has 5 heteroatoms. The highest BCUT2D eigenvalue weighted by Crippen LogP contribution is 2.40. The smallest absolute Gasteiger partial charge is 0.139 e. The zero-order chi connectivity index (χ0) is 15.8. The van der Waals surface area contributed by atoms with Crippen LogP contribution in [0, 0.1) is 5.82 Å². The van der Waals surface area contributed by atoms with Crippen LogP contribution in [0.5, 0.6) is 0 Å². The Kier molecular flexibility index (Phi) is 3.32. The van der Waals surface area contributed by atoms with Crippen LogP contribution in [-0.4, -0.2) is 15.0 Å². The van der Waals surface area contributed by atoms with Gasteiger partial charge in [0.2, 0.25) is 0 Å². The Hall–Kier alpha value is -2.72. The number of fused-ring (bicyclic) bond motifs is 1. The molecule has 0 aliphatic rings. The Bertz CT molecular complexity index is 982. The van der Waals surface area contributed by atoms with E-state index in [0.717, 1.165) is 16.8 Å². The van der Waals surface area contributed by atoms with E-state index in [9.17, 15) is 4.39 Å². The van der Waals surface area contributed by atoms with Crippen molar-refractivity contribution >= 4 is 22.5 Å². The van der Waals surface area contributed by atoms with E-state index in [1.54, 1.807) is 18.6 Å². The fraction of sp³-hybridized carbons (Fsp3) is 0. The number of hydrogen-bond donors (Lipinski definition) is 1. The van der Waals surface area contributed by atoms with E-state index in [-0.39, 0.29) is 5.82 Å². The van der Waals surface area contributed by atoms with Gasteiger partial charge in [0.05, 0.1) is 23.7 Å². The maximum absolute atomic E-state index is 13.8. The molecular formula is C18H11ClFN3. The predicted octanol–water partition coefficient (Wildman–Crippen LogP) is 5.08. The number of nitrogens with zero attached hydrogens (tertiary/aromatic N) is 2. The van der Waals surface area contributed by atoms with Gasteiger partial charge in [-0.3, -0.25) is 0 Å². The van der Waals surface area contributed by atoms with Gasteiger partial charge in [-0.15, -0.1) is 0 Å². The van der Waals surface area contributed by atoms with Gasteiger partial charge in [-0.1, -0.05) is 41.9 Å². The van der Waals surface area contributed by atoms with Crippen molar-refractivity contribution in [3.63, 3.8) is 0 Å². The van der Waals surface area contributed by atoms with Crippen LogP contribution >= 0.6 is 11.6 Å². The van der Waals surface area contributed by atoms with Crippen LogP contribution in [0.2, 0.25) is 5.15 Å². The van der Waals surface area contributed by atoms with Crippen LogP contribution < -0.4 is 0 Å². The van der Waals surface area contributed by atoms with Gasteiger partial charge < -0.3 is 4.98 Å². The second-order valence-electron chi connectivity index (χ2n) is 5.15. The molecule has 0 aliphatic heterocycles. The molecular weight excluding hydrogens is 313 g/mol. The third-order valence-electron chi connectivity index (χ3n) is 3.73. The van der Waals surface area contributed by atoms with E-state index in [0.29, 0.717) is 21.6 Å². The molecule has 0 spiro atoms. The number of aromatic nitrogens is 3. The summed E-state index contributed by atoms with van der Waals surface area (Å²) in [6.07, 6.45) is 3.26. The molecule has 0 bridgehead atoms. The minimum absolute atomic E-state index is 0.311. The average Bonchev–Trinajstić information content (AvgIpc) is 3.09. The minimum atomic E-state index is -0.311. The van der Waals surface area contributed by atoms with Gasteiger partial charge in [-0.2, -0.15) is 0 Å². The summed E-state index contributed by atoms with van der Waals surface area (Å²) in [7, 11) is 0. The summed E-state index contributed by atoms with van der Waals surface area (Å²) >= 11 is 6.44. The number of H-pyrrole nitrogens is 1. The second kappa shape index (κ2) is 5.48. The standard InChI is InChI=1S/C18H11ClFN3/c19-18-17(15-9-21-10-22-15)16(11-4-2-1-3-5-11)13-8-12(20)6-7-14(13)23-18/h1-10H,(H,21,22). The van der Waals surface area contributed by atoms with Crippen molar-refractivity contribution < 1.29 is 4.39 Å². The van der Waals surface area contributed by atoms with Crippen LogP contribution in [-0.2, 0) is 0 Å². The van der Waals surface area contributed by atoms with Gasteiger partial charge in [0.15, 0.2) is 0 Å². The zero-order valence-electron chi connectivity index (χ0n) is 11.9. The monoisotopic (exact) mass is 323 g/mol. The Morgan fingerprint density at radius 2 is 1.83 bits per heavy atom.